The zero-order chi connectivity index (χ0) is 11.4. The summed E-state index contributed by atoms with van der Waals surface area (Å²) in [6, 6.07) is 0.380. The fourth-order valence-corrected chi connectivity index (χ4v) is 2.96. The molecule has 102 valence electrons. The Morgan fingerprint density at radius 3 is 2.29 bits per heavy atom. The molecule has 3 nitrogen and oxygen atoms in total. The van der Waals surface area contributed by atoms with Gasteiger partial charge in [-0.1, -0.05) is 0 Å². The summed E-state index contributed by atoms with van der Waals surface area (Å²) in [5.41, 5.74) is 5.96. The first kappa shape index (κ1) is 15.2. The molecule has 0 spiro atoms. The van der Waals surface area contributed by atoms with E-state index in [9.17, 15) is 0 Å². The molecule has 2 aliphatic heterocycles. The van der Waals surface area contributed by atoms with Gasteiger partial charge in [0.15, 0.2) is 0 Å². The lowest BCUT2D eigenvalue weighted by Crippen LogP contribution is -2.42. The van der Waals surface area contributed by atoms with Gasteiger partial charge < -0.3 is 15.4 Å². The Hall–Kier alpha value is 0.170. The highest BCUT2D eigenvalue weighted by Crippen LogP contribution is 2.22. The van der Waals surface area contributed by atoms with Gasteiger partial charge in [0.25, 0.3) is 0 Å². The van der Waals surface area contributed by atoms with Crippen LogP contribution in [0.25, 0.3) is 0 Å². The molecule has 0 aromatic rings. The highest BCUT2D eigenvalue weighted by molar-refractivity contribution is 5.85. The van der Waals surface area contributed by atoms with E-state index >= 15 is 0 Å². The smallest absolute Gasteiger partial charge is 0.0469 e. The molecule has 2 saturated heterocycles. The normalized spacial score (nSPS) is 26.5. The predicted molar refractivity (Wildman–Crippen MR) is 73.6 cm³/mol. The summed E-state index contributed by atoms with van der Waals surface area (Å²) in [5.74, 6) is 1.63. The van der Waals surface area contributed by atoms with Crippen molar-refractivity contribution >= 4 is 12.4 Å². The van der Waals surface area contributed by atoms with Crippen LogP contribution < -0.4 is 5.73 Å². The Balaban J connectivity index is 0.00000144. The molecular formula is C13H27ClN2O. The lowest BCUT2D eigenvalue weighted by atomic mass is 9.90. The summed E-state index contributed by atoms with van der Waals surface area (Å²) in [4.78, 5) is 2.63. The molecule has 2 N–H and O–H groups in total. The third-order valence-electron chi connectivity index (χ3n) is 4.23. The van der Waals surface area contributed by atoms with Crippen LogP contribution >= 0.6 is 12.4 Å². The van der Waals surface area contributed by atoms with Gasteiger partial charge >= 0.3 is 0 Å². The molecule has 0 saturated carbocycles. The molecule has 0 aliphatic carbocycles. The van der Waals surface area contributed by atoms with Gasteiger partial charge in [0.05, 0.1) is 0 Å². The third kappa shape index (κ3) is 4.74. The SMILES string of the molecule is CC(N)C1CCN(CC2CCOCC2)CC1.Cl. The summed E-state index contributed by atoms with van der Waals surface area (Å²) in [6.07, 6.45) is 5.10. The van der Waals surface area contributed by atoms with E-state index in [1.807, 2.05) is 0 Å². The molecule has 2 fully saturated rings. The van der Waals surface area contributed by atoms with Crippen molar-refractivity contribution in [2.75, 3.05) is 32.8 Å². The van der Waals surface area contributed by atoms with Crippen LogP contribution in [0, 0.1) is 11.8 Å². The molecule has 2 heterocycles. The highest BCUT2D eigenvalue weighted by atomic mass is 35.5. The topological polar surface area (TPSA) is 38.5 Å². The minimum Gasteiger partial charge on any atom is -0.381 e. The zero-order valence-electron chi connectivity index (χ0n) is 10.9. The second-order valence-corrected chi connectivity index (χ2v) is 5.55. The van der Waals surface area contributed by atoms with Gasteiger partial charge in [-0.25, -0.2) is 0 Å². The van der Waals surface area contributed by atoms with E-state index in [0.717, 1.165) is 25.0 Å². The first-order valence-corrected chi connectivity index (χ1v) is 6.81. The molecule has 0 amide bonds. The highest BCUT2D eigenvalue weighted by Gasteiger charge is 2.24. The molecule has 17 heavy (non-hydrogen) atoms. The zero-order valence-corrected chi connectivity index (χ0v) is 11.8. The predicted octanol–water partition coefficient (Wildman–Crippen LogP) is 1.89. The number of hydrogen-bond acceptors (Lipinski definition) is 3. The maximum absolute atomic E-state index is 5.96. The largest absolute Gasteiger partial charge is 0.381 e. The van der Waals surface area contributed by atoms with Gasteiger partial charge in [-0.15, -0.1) is 12.4 Å². The van der Waals surface area contributed by atoms with Crippen molar-refractivity contribution in [2.45, 2.75) is 38.6 Å². The van der Waals surface area contributed by atoms with Gasteiger partial charge in [-0.2, -0.15) is 0 Å². The fraction of sp³-hybridized carbons (Fsp3) is 1.00. The fourth-order valence-electron chi connectivity index (χ4n) is 2.96. The van der Waals surface area contributed by atoms with Crippen molar-refractivity contribution in [1.82, 2.24) is 4.90 Å². The number of hydrogen-bond donors (Lipinski definition) is 1. The summed E-state index contributed by atoms with van der Waals surface area (Å²) >= 11 is 0. The van der Waals surface area contributed by atoms with Crippen molar-refractivity contribution in [2.24, 2.45) is 17.6 Å². The number of halogens is 1. The van der Waals surface area contributed by atoms with Crippen molar-refractivity contribution in [3.8, 4) is 0 Å². The molecule has 1 unspecified atom stereocenters. The van der Waals surface area contributed by atoms with E-state index in [4.69, 9.17) is 10.5 Å². The second-order valence-electron chi connectivity index (χ2n) is 5.55. The Bertz CT molecular complexity index is 200. The molecule has 0 bridgehead atoms. The molecule has 0 aromatic heterocycles. The van der Waals surface area contributed by atoms with E-state index in [-0.39, 0.29) is 12.4 Å². The van der Waals surface area contributed by atoms with Crippen LogP contribution in [0.2, 0.25) is 0 Å². The number of ether oxygens (including phenoxy) is 1. The van der Waals surface area contributed by atoms with Gasteiger partial charge in [0.2, 0.25) is 0 Å². The van der Waals surface area contributed by atoms with Crippen molar-refractivity contribution < 1.29 is 4.74 Å². The van der Waals surface area contributed by atoms with E-state index < -0.39 is 0 Å². The number of piperidine rings is 1. The van der Waals surface area contributed by atoms with Crippen LogP contribution in [0.1, 0.15) is 32.6 Å². The van der Waals surface area contributed by atoms with Gasteiger partial charge in [-0.05, 0) is 57.5 Å². The Morgan fingerprint density at radius 1 is 1.18 bits per heavy atom. The minimum absolute atomic E-state index is 0. The van der Waals surface area contributed by atoms with Crippen LogP contribution in [0.3, 0.4) is 0 Å². The van der Waals surface area contributed by atoms with Gasteiger partial charge in [0.1, 0.15) is 0 Å². The summed E-state index contributed by atoms with van der Waals surface area (Å²) in [7, 11) is 0. The standard InChI is InChI=1S/C13H26N2O.ClH/c1-11(14)13-2-6-15(7-3-13)10-12-4-8-16-9-5-12;/h11-13H,2-10,14H2,1H3;1H. The van der Waals surface area contributed by atoms with Crippen LogP contribution in [0.15, 0.2) is 0 Å². The molecule has 0 aromatic carbocycles. The Labute approximate surface area is 111 Å². The summed E-state index contributed by atoms with van der Waals surface area (Å²) < 4.78 is 5.40. The quantitative estimate of drug-likeness (QED) is 0.844. The first-order valence-electron chi connectivity index (χ1n) is 6.81. The maximum atomic E-state index is 5.96. The maximum Gasteiger partial charge on any atom is 0.0469 e. The molecule has 2 rings (SSSR count). The van der Waals surface area contributed by atoms with Crippen molar-refractivity contribution in [1.29, 1.82) is 0 Å². The molecule has 4 heteroatoms. The average Bonchev–Trinajstić information content (AvgIpc) is 2.31. The van der Waals surface area contributed by atoms with E-state index in [0.29, 0.717) is 6.04 Å². The van der Waals surface area contributed by atoms with Crippen LogP contribution in [-0.4, -0.2) is 43.8 Å². The summed E-state index contributed by atoms with van der Waals surface area (Å²) in [6.45, 7) is 7.89. The lowest BCUT2D eigenvalue weighted by Gasteiger charge is -2.36. The van der Waals surface area contributed by atoms with Crippen LogP contribution in [0.5, 0.6) is 0 Å². The number of nitrogens with zero attached hydrogens (tertiary/aromatic N) is 1. The molecule has 0 radical (unpaired) electrons. The van der Waals surface area contributed by atoms with E-state index in [1.54, 1.807) is 0 Å². The lowest BCUT2D eigenvalue weighted by molar-refractivity contribution is 0.0460. The Morgan fingerprint density at radius 2 is 1.76 bits per heavy atom. The number of nitrogens with two attached hydrogens (primary N) is 1. The Kier molecular flexibility index (Phi) is 6.78. The monoisotopic (exact) mass is 262 g/mol. The third-order valence-corrected chi connectivity index (χ3v) is 4.23. The van der Waals surface area contributed by atoms with Crippen molar-refractivity contribution in [3.05, 3.63) is 0 Å². The van der Waals surface area contributed by atoms with Crippen LogP contribution in [-0.2, 0) is 4.74 Å². The summed E-state index contributed by atoms with van der Waals surface area (Å²) in [5, 5.41) is 0. The van der Waals surface area contributed by atoms with Crippen molar-refractivity contribution in [3.63, 3.8) is 0 Å². The van der Waals surface area contributed by atoms with E-state index in [2.05, 4.69) is 11.8 Å². The second kappa shape index (κ2) is 7.57. The van der Waals surface area contributed by atoms with Crippen LogP contribution in [0.4, 0.5) is 0 Å². The average molecular weight is 263 g/mol. The first-order chi connectivity index (χ1) is 7.75. The molecular weight excluding hydrogens is 236 g/mol. The minimum atomic E-state index is 0. The molecule has 1 atom stereocenters. The van der Waals surface area contributed by atoms with Gasteiger partial charge in [0, 0.05) is 25.8 Å². The number of likely N-dealkylation sites (tertiary alicyclic amines) is 1. The number of rotatable bonds is 3. The van der Waals surface area contributed by atoms with E-state index in [1.165, 1.54) is 45.3 Å². The molecule has 2 aliphatic rings. The van der Waals surface area contributed by atoms with Gasteiger partial charge in [-0.3, -0.25) is 0 Å².